The number of rotatable bonds is 5. The molecule has 0 fully saturated rings. The van der Waals surface area contributed by atoms with Gasteiger partial charge in [-0.05, 0) is 29.8 Å². The first-order valence-corrected chi connectivity index (χ1v) is 9.94. The van der Waals surface area contributed by atoms with Crippen LogP contribution in [0.25, 0.3) is 16.8 Å². The third kappa shape index (κ3) is 3.23. The Morgan fingerprint density at radius 2 is 2.04 bits per heavy atom. The van der Waals surface area contributed by atoms with Gasteiger partial charge in [-0.2, -0.15) is 9.40 Å². The van der Waals surface area contributed by atoms with Gasteiger partial charge in [0.1, 0.15) is 10.5 Å². The van der Waals surface area contributed by atoms with Crippen LogP contribution in [-0.4, -0.2) is 39.4 Å². The van der Waals surface area contributed by atoms with Gasteiger partial charge in [-0.15, -0.1) is 0 Å². The Hall–Kier alpha value is -2.68. The van der Waals surface area contributed by atoms with Crippen molar-refractivity contribution in [2.45, 2.75) is 11.4 Å². The standard InChI is InChI=1S/C18H16ClN5O2S/c1-23(12-15-11-20-18-4-2-3-7-24(15)18)27(25,26)17-6-5-13(8-16(17)19)14-9-21-22-10-14/h2-11H,12H2,1H3,(H,21,22). The Morgan fingerprint density at radius 1 is 1.19 bits per heavy atom. The van der Waals surface area contributed by atoms with Gasteiger partial charge in [0.25, 0.3) is 0 Å². The molecule has 4 aromatic rings. The molecule has 27 heavy (non-hydrogen) atoms. The van der Waals surface area contributed by atoms with Crippen LogP contribution in [0, 0.1) is 0 Å². The maximum atomic E-state index is 13.0. The summed E-state index contributed by atoms with van der Waals surface area (Å²) < 4.78 is 29.1. The van der Waals surface area contributed by atoms with E-state index in [1.54, 1.807) is 30.7 Å². The van der Waals surface area contributed by atoms with Crippen LogP contribution in [0.1, 0.15) is 5.69 Å². The lowest BCUT2D eigenvalue weighted by atomic mass is 10.1. The zero-order chi connectivity index (χ0) is 19.0. The lowest BCUT2D eigenvalue weighted by molar-refractivity contribution is 0.461. The Bertz CT molecular complexity index is 1200. The second-order valence-electron chi connectivity index (χ2n) is 6.07. The van der Waals surface area contributed by atoms with Crippen molar-refractivity contribution in [1.82, 2.24) is 23.9 Å². The molecule has 0 aliphatic heterocycles. The van der Waals surface area contributed by atoms with Crippen LogP contribution in [0.2, 0.25) is 5.02 Å². The normalized spacial score (nSPS) is 12.1. The Labute approximate surface area is 161 Å². The average molecular weight is 402 g/mol. The molecule has 3 heterocycles. The fraction of sp³-hybridized carbons (Fsp3) is 0.111. The fourth-order valence-electron chi connectivity index (χ4n) is 2.88. The van der Waals surface area contributed by atoms with E-state index in [9.17, 15) is 8.42 Å². The summed E-state index contributed by atoms with van der Waals surface area (Å²) in [7, 11) is -2.24. The molecule has 0 aliphatic rings. The highest BCUT2D eigenvalue weighted by Gasteiger charge is 2.25. The predicted molar refractivity (Wildman–Crippen MR) is 103 cm³/mol. The zero-order valence-corrected chi connectivity index (χ0v) is 15.9. The molecule has 0 aliphatic carbocycles. The molecule has 138 valence electrons. The van der Waals surface area contributed by atoms with Crippen molar-refractivity contribution in [3.8, 4) is 11.1 Å². The number of aromatic nitrogens is 4. The van der Waals surface area contributed by atoms with Crippen molar-refractivity contribution in [1.29, 1.82) is 0 Å². The highest BCUT2D eigenvalue weighted by Crippen LogP contribution is 2.30. The summed E-state index contributed by atoms with van der Waals surface area (Å²) in [4.78, 5) is 4.35. The van der Waals surface area contributed by atoms with E-state index in [4.69, 9.17) is 11.6 Å². The molecule has 0 spiro atoms. The van der Waals surface area contributed by atoms with Gasteiger partial charge in [-0.25, -0.2) is 13.4 Å². The molecule has 0 bridgehead atoms. The number of halogens is 1. The van der Waals surface area contributed by atoms with Gasteiger partial charge in [0.05, 0.1) is 29.7 Å². The van der Waals surface area contributed by atoms with Crippen LogP contribution < -0.4 is 0 Å². The van der Waals surface area contributed by atoms with E-state index in [1.807, 2.05) is 28.8 Å². The lowest BCUT2D eigenvalue weighted by Crippen LogP contribution is -2.27. The molecule has 0 saturated heterocycles. The minimum Gasteiger partial charge on any atom is -0.303 e. The van der Waals surface area contributed by atoms with Crippen LogP contribution in [-0.2, 0) is 16.6 Å². The van der Waals surface area contributed by atoms with Crippen molar-refractivity contribution < 1.29 is 8.42 Å². The monoisotopic (exact) mass is 401 g/mol. The number of pyridine rings is 1. The molecule has 0 atom stereocenters. The van der Waals surface area contributed by atoms with E-state index in [1.165, 1.54) is 17.4 Å². The molecule has 0 amide bonds. The van der Waals surface area contributed by atoms with Crippen molar-refractivity contribution in [3.63, 3.8) is 0 Å². The molecule has 4 rings (SSSR count). The molecule has 9 heteroatoms. The molecule has 3 aromatic heterocycles. The van der Waals surface area contributed by atoms with Gasteiger partial charge in [0, 0.05) is 25.0 Å². The molecular weight excluding hydrogens is 386 g/mol. The van der Waals surface area contributed by atoms with Crippen LogP contribution in [0.3, 0.4) is 0 Å². The second-order valence-corrected chi connectivity index (χ2v) is 8.49. The number of fused-ring (bicyclic) bond motifs is 1. The first-order chi connectivity index (χ1) is 13.0. The van der Waals surface area contributed by atoms with E-state index >= 15 is 0 Å². The minimum absolute atomic E-state index is 0.0627. The van der Waals surface area contributed by atoms with Crippen LogP contribution in [0.4, 0.5) is 0 Å². The van der Waals surface area contributed by atoms with Gasteiger partial charge in [0.15, 0.2) is 0 Å². The Kier molecular flexibility index (Phi) is 4.47. The number of hydrogen-bond donors (Lipinski definition) is 1. The third-order valence-corrected chi connectivity index (χ3v) is 6.62. The molecule has 1 N–H and O–H groups in total. The molecule has 7 nitrogen and oxygen atoms in total. The zero-order valence-electron chi connectivity index (χ0n) is 14.4. The Balaban J connectivity index is 1.64. The topological polar surface area (TPSA) is 83.4 Å². The summed E-state index contributed by atoms with van der Waals surface area (Å²) in [6, 6.07) is 10.5. The number of benzene rings is 1. The number of hydrogen-bond acceptors (Lipinski definition) is 4. The van der Waals surface area contributed by atoms with Crippen LogP contribution in [0.5, 0.6) is 0 Å². The fourth-order valence-corrected chi connectivity index (χ4v) is 4.54. The molecular formula is C18H16ClN5O2S. The maximum Gasteiger partial charge on any atom is 0.244 e. The lowest BCUT2D eigenvalue weighted by Gasteiger charge is -2.18. The van der Waals surface area contributed by atoms with E-state index in [-0.39, 0.29) is 16.5 Å². The van der Waals surface area contributed by atoms with Gasteiger partial charge in [0.2, 0.25) is 10.0 Å². The van der Waals surface area contributed by atoms with E-state index in [2.05, 4.69) is 15.2 Å². The third-order valence-electron chi connectivity index (χ3n) is 4.33. The SMILES string of the molecule is CN(Cc1cnc2ccccn12)S(=O)(=O)c1ccc(-c2cn[nH]c2)cc1Cl. The molecule has 0 radical (unpaired) electrons. The maximum absolute atomic E-state index is 13.0. The summed E-state index contributed by atoms with van der Waals surface area (Å²) >= 11 is 6.30. The second kappa shape index (κ2) is 6.80. The molecule has 0 unspecified atom stereocenters. The largest absolute Gasteiger partial charge is 0.303 e. The van der Waals surface area contributed by atoms with Gasteiger partial charge in [-0.1, -0.05) is 23.7 Å². The van der Waals surface area contributed by atoms with Crippen molar-refractivity contribution in [2.75, 3.05) is 7.05 Å². The summed E-state index contributed by atoms with van der Waals surface area (Å²) in [6.45, 7) is 0.174. The van der Waals surface area contributed by atoms with E-state index in [0.29, 0.717) is 0 Å². The highest BCUT2D eigenvalue weighted by atomic mass is 35.5. The van der Waals surface area contributed by atoms with Crippen molar-refractivity contribution in [2.24, 2.45) is 0 Å². The van der Waals surface area contributed by atoms with Crippen molar-refractivity contribution in [3.05, 3.63) is 71.9 Å². The Morgan fingerprint density at radius 3 is 2.78 bits per heavy atom. The average Bonchev–Trinajstić information content (AvgIpc) is 3.32. The summed E-state index contributed by atoms with van der Waals surface area (Å²) in [5.41, 5.74) is 3.15. The van der Waals surface area contributed by atoms with E-state index < -0.39 is 10.0 Å². The van der Waals surface area contributed by atoms with E-state index in [0.717, 1.165) is 22.5 Å². The summed E-state index contributed by atoms with van der Waals surface area (Å²) in [5.74, 6) is 0. The quantitative estimate of drug-likeness (QED) is 0.556. The molecule has 1 aromatic carbocycles. The van der Waals surface area contributed by atoms with Gasteiger partial charge >= 0.3 is 0 Å². The summed E-state index contributed by atoms with van der Waals surface area (Å²) in [6.07, 6.45) is 6.89. The highest BCUT2D eigenvalue weighted by molar-refractivity contribution is 7.89. The van der Waals surface area contributed by atoms with Crippen LogP contribution >= 0.6 is 11.6 Å². The smallest absolute Gasteiger partial charge is 0.244 e. The minimum atomic E-state index is -3.76. The summed E-state index contributed by atoms with van der Waals surface area (Å²) in [5, 5.41) is 6.78. The van der Waals surface area contributed by atoms with Gasteiger partial charge in [-0.3, -0.25) is 5.10 Å². The number of imidazole rings is 1. The number of aromatic amines is 1. The van der Waals surface area contributed by atoms with Crippen LogP contribution in [0.15, 0.2) is 66.1 Å². The number of sulfonamides is 1. The van der Waals surface area contributed by atoms with Gasteiger partial charge < -0.3 is 4.40 Å². The number of nitrogens with zero attached hydrogens (tertiary/aromatic N) is 4. The first kappa shape index (κ1) is 17.7. The number of nitrogens with one attached hydrogen (secondary N) is 1. The molecule has 0 saturated carbocycles. The first-order valence-electron chi connectivity index (χ1n) is 8.13. The number of H-pyrrole nitrogens is 1. The van der Waals surface area contributed by atoms with Crippen molar-refractivity contribution >= 4 is 27.3 Å². The predicted octanol–water partition coefficient (Wildman–Crippen LogP) is 3.20.